The van der Waals surface area contributed by atoms with Gasteiger partial charge < -0.3 is 9.84 Å². The Morgan fingerprint density at radius 3 is 2.84 bits per heavy atom. The first kappa shape index (κ1) is 14.3. The molecule has 0 bridgehead atoms. The highest BCUT2D eigenvalue weighted by Gasteiger charge is 2.51. The van der Waals surface area contributed by atoms with Gasteiger partial charge in [-0.1, -0.05) is 19.9 Å². The zero-order valence-electron chi connectivity index (χ0n) is 10.8. The number of aliphatic hydroxyl groups is 1. The van der Waals surface area contributed by atoms with Gasteiger partial charge in [0.2, 0.25) is 0 Å². The molecule has 0 amide bonds. The number of benzene rings is 1. The monoisotopic (exact) mass is 329 g/mol. The number of aliphatic hydroxyl groups excluding tert-OH is 1. The fraction of sp³-hybridized carbons (Fsp3) is 0.538. The molecule has 1 fully saturated rings. The molecule has 0 radical (unpaired) electrons. The molecule has 6 heteroatoms. The van der Waals surface area contributed by atoms with Gasteiger partial charge in [0.15, 0.2) is 0 Å². The fourth-order valence-corrected chi connectivity index (χ4v) is 2.83. The largest absolute Gasteiger partial charge is 0.488 e. The van der Waals surface area contributed by atoms with Crippen LogP contribution in [0, 0.1) is 15.5 Å². The minimum Gasteiger partial charge on any atom is -0.488 e. The summed E-state index contributed by atoms with van der Waals surface area (Å²) in [7, 11) is 0. The standard InChI is InChI=1S/C13H16BrNO4/c1-3-13(2)10(16)7-11(13)19-9-6-4-5-8(12(9)14)15(17)18/h4-6,10-11,16H,3,7H2,1-2H3. The average Bonchev–Trinajstić information content (AvgIpc) is 2.39. The fourth-order valence-electron chi connectivity index (χ4n) is 2.33. The predicted molar refractivity (Wildman–Crippen MR) is 74.2 cm³/mol. The maximum atomic E-state index is 10.9. The molecular weight excluding hydrogens is 314 g/mol. The third-order valence-corrected chi connectivity index (χ3v) is 4.90. The van der Waals surface area contributed by atoms with Crippen molar-refractivity contribution in [2.24, 2.45) is 5.41 Å². The molecule has 1 aromatic carbocycles. The summed E-state index contributed by atoms with van der Waals surface area (Å²) in [6.07, 6.45) is 0.857. The molecule has 104 valence electrons. The van der Waals surface area contributed by atoms with Crippen LogP contribution in [0.3, 0.4) is 0 Å². The molecule has 1 aliphatic carbocycles. The molecule has 0 saturated heterocycles. The van der Waals surface area contributed by atoms with E-state index in [0.717, 1.165) is 6.42 Å². The number of rotatable bonds is 4. The lowest BCUT2D eigenvalue weighted by Crippen LogP contribution is -2.57. The van der Waals surface area contributed by atoms with Crippen molar-refractivity contribution < 1.29 is 14.8 Å². The Labute approximate surface area is 119 Å². The Morgan fingerprint density at radius 1 is 1.63 bits per heavy atom. The third-order valence-electron chi connectivity index (χ3n) is 4.10. The number of halogens is 1. The molecule has 0 aromatic heterocycles. The zero-order chi connectivity index (χ0) is 14.2. The van der Waals surface area contributed by atoms with E-state index in [1.807, 2.05) is 13.8 Å². The molecule has 2 rings (SSSR count). The van der Waals surface area contributed by atoms with Crippen molar-refractivity contribution in [1.29, 1.82) is 0 Å². The van der Waals surface area contributed by atoms with Gasteiger partial charge in [0.25, 0.3) is 5.69 Å². The second-order valence-corrected chi connectivity index (χ2v) is 5.86. The molecule has 1 N–H and O–H groups in total. The number of nitro benzene ring substituents is 1. The summed E-state index contributed by atoms with van der Waals surface area (Å²) in [6.45, 7) is 3.97. The van der Waals surface area contributed by atoms with Gasteiger partial charge in [0, 0.05) is 17.9 Å². The van der Waals surface area contributed by atoms with Crippen molar-refractivity contribution in [3.63, 3.8) is 0 Å². The summed E-state index contributed by atoms with van der Waals surface area (Å²) >= 11 is 3.21. The van der Waals surface area contributed by atoms with E-state index in [-0.39, 0.29) is 23.3 Å². The quantitative estimate of drug-likeness (QED) is 0.679. The van der Waals surface area contributed by atoms with Crippen LogP contribution in [0.2, 0.25) is 0 Å². The van der Waals surface area contributed by atoms with Gasteiger partial charge in [-0.05, 0) is 28.4 Å². The van der Waals surface area contributed by atoms with E-state index in [1.54, 1.807) is 12.1 Å². The van der Waals surface area contributed by atoms with Crippen molar-refractivity contribution in [3.8, 4) is 5.75 Å². The summed E-state index contributed by atoms with van der Waals surface area (Å²) < 4.78 is 6.18. The highest BCUT2D eigenvalue weighted by Crippen LogP contribution is 2.47. The molecule has 1 aromatic rings. The highest BCUT2D eigenvalue weighted by atomic mass is 79.9. The summed E-state index contributed by atoms with van der Waals surface area (Å²) in [5.74, 6) is 0.450. The zero-order valence-corrected chi connectivity index (χ0v) is 12.4. The van der Waals surface area contributed by atoms with E-state index in [2.05, 4.69) is 15.9 Å². The minimum absolute atomic E-state index is 0.0180. The van der Waals surface area contributed by atoms with Crippen molar-refractivity contribution in [3.05, 3.63) is 32.8 Å². The van der Waals surface area contributed by atoms with Crippen LogP contribution < -0.4 is 4.74 Å². The lowest BCUT2D eigenvalue weighted by molar-refractivity contribution is -0.385. The molecule has 1 saturated carbocycles. The van der Waals surface area contributed by atoms with Gasteiger partial charge in [-0.15, -0.1) is 0 Å². The molecule has 5 nitrogen and oxygen atoms in total. The average molecular weight is 330 g/mol. The molecule has 0 heterocycles. The second-order valence-electron chi connectivity index (χ2n) is 5.06. The van der Waals surface area contributed by atoms with Crippen molar-refractivity contribution in [1.82, 2.24) is 0 Å². The highest BCUT2D eigenvalue weighted by molar-refractivity contribution is 9.10. The lowest BCUT2D eigenvalue weighted by atomic mass is 9.63. The third kappa shape index (κ3) is 2.34. The van der Waals surface area contributed by atoms with Crippen LogP contribution in [-0.4, -0.2) is 22.2 Å². The predicted octanol–water partition coefficient (Wildman–Crippen LogP) is 3.29. The van der Waals surface area contributed by atoms with Crippen LogP contribution in [0.15, 0.2) is 22.7 Å². The Balaban J connectivity index is 2.21. The molecule has 3 unspecified atom stereocenters. The number of nitrogens with zero attached hydrogens (tertiary/aromatic N) is 1. The maximum Gasteiger partial charge on any atom is 0.287 e. The van der Waals surface area contributed by atoms with E-state index >= 15 is 0 Å². The van der Waals surface area contributed by atoms with Gasteiger partial charge in [-0.3, -0.25) is 10.1 Å². The Morgan fingerprint density at radius 2 is 2.32 bits per heavy atom. The van der Waals surface area contributed by atoms with Crippen LogP contribution in [0.1, 0.15) is 26.7 Å². The topological polar surface area (TPSA) is 72.6 Å². The van der Waals surface area contributed by atoms with Crippen LogP contribution >= 0.6 is 15.9 Å². The van der Waals surface area contributed by atoms with Gasteiger partial charge >= 0.3 is 0 Å². The van der Waals surface area contributed by atoms with Crippen LogP contribution in [0.4, 0.5) is 5.69 Å². The van der Waals surface area contributed by atoms with Crippen LogP contribution in [0.25, 0.3) is 0 Å². The normalized spacial score (nSPS) is 29.7. The summed E-state index contributed by atoms with van der Waals surface area (Å²) in [6, 6.07) is 4.71. The lowest BCUT2D eigenvalue weighted by Gasteiger charge is -2.50. The molecule has 1 aliphatic rings. The molecule has 19 heavy (non-hydrogen) atoms. The summed E-state index contributed by atoms with van der Waals surface area (Å²) in [5.41, 5.74) is -0.306. The smallest absolute Gasteiger partial charge is 0.287 e. The van der Waals surface area contributed by atoms with Gasteiger partial charge in [-0.25, -0.2) is 0 Å². The molecule has 3 atom stereocenters. The Bertz CT molecular complexity index is 507. The number of hydrogen-bond acceptors (Lipinski definition) is 4. The number of hydrogen-bond donors (Lipinski definition) is 1. The number of ether oxygens (including phenoxy) is 1. The van der Waals surface area contributed by atoms with E-state index in [0.29, 0.717) is 16.6 Å². The number of nitro groups is 1. The first-order chi connectivity index (χ1) is 8.90. The summed E-state index contributed by atoms with van der Waals surface area (Å²) in [5, 5.41) is 20.7. The molecule has 0 spiro atoms. The van der Waals surface area contributed by atoms with Crippen molar-refractivity contribution in [2.75, 3.05) is 0 Å². The molecule has 0 aliphatic heterocycles. The van der Waals surface area contributed by atoms with Crippen molar-refractivity contribution in [2.45, 2.75) is 38.9 Å². The SMILES string of the molecule is CCC1(C)C(O)CC1Oc1cccc([N+](=O)[O-])c1Br. The Hall–Kier alpha value is -1.14. The van der Waals surface area contributed by atoms with E-state index < -0.39 is 4.92 Å². The Kier molecular flexibility index (Phi) is 3.82. The van der Waals surface area contributed by atoms with Crippen molar-refractivity contribution >= 4 is 21.6 Å². The summed E-state index contributed by atoms with van der Waals surface area (Å²) in [4.78, 5) is 10.4. The minimum atomic E-state index is -0.453. The molecular formula is C13H16BrNO4. The van der Waals surface area contributed by atoms with E-state index in [4.69, 9.17) is 4.74 Å². The first-order valence-corrected chi connectivity index (χ1v) is 6.97. The second kappa shape index (κ2) is 5.09. The maximum absolute atomic E-state index is 10.9. The van der Waals surface area contributed by atoms with E-state index in [9.17, 15) is 15.2 Å². The first-order valence-electron chi connectivity index (χ1n) is 6.17. The van der Waals surface area contributed by atoms with Crippen LogP contribution in [0.5, 0.6) is 5.75 Å². The van der Waals surface area contributed by atoms with Gasteiger partial charge in [0.1, 0.15) is 16.3 Å². The van der Waals surface area contributed by atoms with Crippen LogP contribution in [-0.2, 0) is 0 Å². The van der Waals surface area contributed by atoms with E-state index in [1.165, 1.54) is 6.07 Å². The van der Waals surface area contributed by atoms with Gasteiger partial charge in [-0.2, -0.15) is 0 Å². The van der Waals surface area contributed by atoms with Gasteiger partial charge in [0.05, 0.1) is 11.0 Å².